The van der Waals surface area contributed by atoms with Gasteiger partial charge in [-0.1, -0.05) is 0 Å². The lowest BCUT2D eigenvalue weighted by molar-refractivity contribution is -0.143. The zero-order valence-corrected chi connectivity index (χ0v) is 15.0. The summed E-state index contributed by atoms with van der Waals surface area (Å²) in [7, 11) is 0. The van der Waals surface area contributed by atoms with E-state index in [1.165, 1.54) is 17.7 Å². The Morgan fingerprint density at radius 2 is 2.00 bits per heavy atom. The number of rotatable bonds is 4. The molecule has 3 aliphatic carbocycles. The maximum atomic E-state index is 13.1. The number of hydrogen-bond donors (Lipinski definition) is 0. The van der Waals surface area contributed by atoms with Gasteiger partial charge in [-0.05, 0) is 69.8 Å². The molecule has 2 amide bonds. The number of imide groups is 1. The molecule has 4 fully saturated rings. The standard InChI is InChI=1S/C20H25N3O2/c1-11-7-15(22-16(21-11)8-12-3-4-12)10-23-18(24)17-13-5-6-14(9-13)20(17,2)19(23)25/h7,12-14,17H,3-6,8-10H2,1-2H3/t13-,14+,17+,20+/m1/s1. The molecular weight excluding hydrogens is 314 g/mol. The quantitative estimate of drug-likeness (QED) is 0.791. The molecule has 1 aromatic heterocycles. The zero-order valence-electron chi connectivity index (χ0n) is 15.0. The summed E-state index contributed by atoms with van der Waals surface area (Å²) in [5, 5.41) is 0. The summed E-state index contributed by atoms with van der Waals surface area (Å²) in [5.74, 6) is 2.37. The van der Waals surface area contributed by atoms with Gasteiger partial charge >= 0.3 is 0 Å². The Morgan fingerprint density at radius 3 is 2.72 bits per heavy atom. The van der Waals surface area contributed by atoms with Gasteiger partial charge < -0.3 is 0 Å². The number of amides is 2. The number of likely N-dealkylation sites (tertiary alicyclic amines) is 1. The molecule has 0 radical (unpaired) electrons. The number of carbonyl (C=O) groups is 2. The van der Waals surface area contributed by atoms with Crippen LogP contribution in [-0.4, -0.2) is 26.7 Å². The molecule has 132 valence electrons. The monoisotopic (exact) mass is 339 g/mol. The largest absolute Gasteiger partial charge is 0.276 e. The van der Waals surface area contributed by atoms with Crippen molar-refractivity contribution in [3.8, 4) is 0 Å². The summed E-state index contributed by atoms with van der Waals surface area (Å²) in [6, 6.07) is 1.92. The minimum atomic E-state index is -0.459. The summed E-state index contributed by atoms with van der Waals surface area (Å²) in [5.41, 5.74) is 1.27. The van der Waals surface area contributed by atoms with E-state index in [2.05, 4.69) is 9.97 Å². The van der Waals surface area contributed by atoms with Gasteiger partial charge in [0.15, 0.2) is 0 Å². The van der Waals surface area contributed by atoms with Crippen molar-refractivity contribution in [3.63, 3.8) is 0 Å². The molecule has 2 heterocycles. The van der Waals surface area contributed by atoms with Gasteiger partial charge in [-0.25, -0.2) is 9.97 Å². The maximum absolute atomic E-state index is 13.1. The highest BCUT2D eigenvalue weighted by Gasteiger charge is 2.68. The van der Waals surface area contributed by atoms with E-state index in [1.807, 2.05) is 19.9 Å². The molecular formula is C20H25N3O2. The SMILES string of the molecule is Cc1cc(CN2C(=O)[C@@H]3[C@@H]4CC[C@@H](C4)[C@]3(C)C2=O)nc(CC2CC2)n1. The minimum Gasteiger partial charge on any atom is -0.276 e. The van der Waals surface area contributed by atoms with Crippen molar-refractivity contribution in [2.45, 2.75) is 58.9 Å². The van der Waals surface area contributed by atoms with Gasteiger partial charge in [-0.15, -0.1) is 0 Å². The molecule has 2 bridgehead atoms. The average Bonchev–Trinajstić information content (AvgIpc) is 3.10. The highest BCUT2D eigenvalue weighted by molar-refractivity contribution is 6.08. The van der Waals surface area contributed by atoms with Crippen molar-refractivity contribution in [1.82, 2.24) is 14.9 Å². The number of carbonyl (C=O) groups excluding carboxylic acids is 2. The summed E-state index contributed by atoms with van der Waals surface area (Å²) in [6.45, 7) is 4.31. The lowest BCUT2D eigenvalue weighted by atomic mass is 9.69. The first-order valence-corrected chi connectivity index (χ1v) is 9.66. The summed E-state index contributed by atoms with van der Waals surface area (Å²) in [4.78, 5) is 36.8. The topological polar surface area (TPSA) is 63.2 Å². The van der Waals surface area contributed by atoms with Gasteiger partial charge in [0.1, 0.15) is 5.82 Å². The molecule has 0 unspecified atom stereocenters. The molecule has 1 saturated heterocycles. The van der Waals surface area contributed by atoms with Crippen LogP contribution in [-0.2, 0) is 22.6 Å². The van der Waals surface area contributed by atoms with Gasteiger partial charge in [0.05, 0.1) is 23.6 Å². The Hall–Kier alpha value is -1.78. The third-order valence-corrected chi connectivity index (χ3v) is 7.12. The lowest BCUT2D eigenvalue weighted by Crippen LogP contribution is -2.38. The second-order valence-electron chi connectivity index (χ2n) is 8.82. The minimum absolute atomic E-state index is 0.0368. The van der Waals surface area contributed by atoms with Crippen LogP contribution in [0.1, 0.15) is 56.2 Å². The van der Waals surface area contributed by atoms with Crippen LogP contribution in [0.4, 0.5) is 0 Å². The van der Waals surface area contributed by atoms with Crippen LogP contribution in [0.3, 0.4) is 0 Å². The first kappa shape index (κ1) is 15.5. The predicted octanol–water partition coefficient (Wildman–Crippen LogP) is 2.66. The molecule has 0 spiro atoms. The van der Waals surface area contributed by atoms with E-state index in [1.54, 1.807) is 0 Å². The number of aryl methyl sites for hydroxylation is 1. The normalized spacial score (nSPS) is 36.4. The summed E-state index contributed by atoms with van der Waals surface area (Å²) < 4.78 is 0. The van der Waals surface area contributed by atoms with Crippen LogP contribution in [0.5, 0.6) is 0 Å². The Kier molecular flexibility index (Phi) is 3.17. The fourth-order valence-corrected chi connectivity index (χ4v) is 5.70. The van der Waals surface area contributed by atoms with Crippen LogP contribution in [0.2, 0.25) is 0 Å². The van der Waals surface area contributed by atoms with Crippen LogP contribution in [0.15, 0.2) is 6.07 Å². The van der Waals surface area contributed by atoms with Crippen molar-refractivity contribution in [2.24, 2.45) is 29.1 Å². The van der Waals surface area contributed by atoms with Crippen molar-refractivity contribution in [2.75, 3.05) is 0 Å². The second-order valence-corrected chi connectivity index (χ2v) is 8.82. The number of aromatic nitrogens is 2. The molecule has 4 atom stereocenters. The molecule has 5 heteroatoms. The van der Waals surface area contributed by atoms with E-state index < -0.39 is 5.41 Å². The molecule has 0 aromatic carbocycles. The number of nitrogens with zero attached hydrogens (tertiary/aromatic N) is 3. The van der Waals surface area contributed by atoms with Crippen molar-refractivity contribution >= 4 is 11.8 Å². The molecule has 5 nitrogen and oxygen atoms in total. The number of fused-ring (bicyclic) bond motifs is 5. The second kappa shape index (κ2) is 5.12. The zero-order chi connectivity index (χ0) is 17.3. The van der Waals surface area contributed by atoms with Crippen LogP contribution in [0, 0.1) is 36.0 Å². The van der Waals surface area contributed by atoms with E-state index >= 15 is 0 Å². The van der Waals surface area contributed by atoms with E-state index in [9.17, 15) is 9.59 Å². The summed E-state index contributed by atoms with van der Waals surface area (Å²) in [6.07, 6.45) is 6.71. The van der Waals surface area contributed by atoms with Gasteiger partial charge in [-0.3, -0.25) is 14.5 Å². The van der Waals surface area contributed by atoms with Crippen LogP contribution in [0.25, 0.3) is 0 Å². The molecule has 0 N–H and O–H groups in total. The third-order valence-electron chi connectivity index (χ3n) is 7.12. The highest BCUT2D eigenvalue weighted by Crippen LogP contribution is 2.63. The van der Waals surface area contributed by atoms with E-state index in [-0.39, 0.29) is 17.7 Å². The van der Waals surface area contributed by atoms with E-state index in [4.69, 9.17) is 0 Å². The Labute approximate surface area is 148 Å². The van der Waals surface area contributed by atoms with Crippen molar-refractivity contribution in [1.29, 1.82) is 0 Å². The fraction of sp³-hybridized carbons (Fsp3) is 0.700. The third kappa shape index (κ3) is 2.20. The maximum Gasteiger partial charge on any atom is 0.236 e. The predicted molar refractivity (Wildman–Crippen MR) is 91.2 cm³/mol. The molecule has 5 rings (SSSR count). The Bertz CT molecular complexity index is 772. The van der Waals surface area contributed by atoms with E-state index in [0.717, 1.165) is 48.8 Å². The van der Waals surface area contributed by atoms with Gasteiger partial charge in [0, 0.05) is 12.1 Å². The molecule has 3 saturated carbocycles. The Morgan fingerprint density at radius 1 is 1.20 bits per heavy atom. The van der Waals surface area contributed by atoms with Crippen molar-refractivity contribution in [3.05, 3.63) is 23.3 Å². The molecule has 1 aliphatic heterocycles. The van der Waals surface area contributed by atoms with Gasteiger partial charge in [-0.2, -0.15) is 0 Å². The first-order chi connectivity index (χ1) is 12.0. The van der Waals surface area contributed by atoms with E-state index in [0.29, 0.717) is 18.4 Å². The fourth-order valence-electron chi connectivity index (χ4n) is 5.70. The highest BCUT2D eigenvalue weighted by atomic mass is 16.2. The average molecular weight is 339 g/mol. The molecule has 4 aliphatic rings. The lowest BCUT2D eigenvalue weighted by Gasteiger charge is -2.31. The van der Waals surface area contributed by atoms with Crippen molar-refractivity contribution < 1.29 is 9.59 Å². The first-order valence-electron chi connectivity index (χ1n) is 9.66. The smallest absolute Gasteiger partial charge is 0.236 e. The molecule has 1 aromatic rings. The number of hydrogen-bond acceptors (Lipinski definition) is 4. The Balaban J connectivity index is 1.42. The van der Waals surface area contributed by atoms with Gasteiger partial charge in [0.25, 0.3) is 0 Å². The van der Waals surface area contributed by atoms with Crippen LogP contribution >= 0.6 is 0 Å². The molecule has 25 heavy (non-hydrogen) atoms. The van der Waals surface area contributed by atoms with Gasteiger partial charge in [0.2, 0.25) is 11.8 Å². The van der Waals surface area contributed by atoms with Crippen LogP contribution < -0.4 is 0 Å². The summed E-state index contributed by atoms with van der Waals surface area (Å²) >= 11 is 0.